The highest BCUT2D eigenvalue weighted by Gasteiger charge is 2.29. The number of hydrogen-bond donors (Lipinski definition) is 0. The first kappa shape index (κ1) is 23.2. The van der Waals surface area contributed by atoms with Gasteiger partial charge in [-0.1, -0.05) is 163 Å². The molecule has 0 spiro atoms. The van der Waals surface area contributed by atoms with Gasteiger partial charge in [-0.3, -0.25) is 0 Å². The van der Waals surface area contributed by atoms with Crippen LogP contribution in [0.15, 0.2) is 146 Å². The monoisotopic (exact) mass is 510 g/mol. The van der Waals surface area contributed by atoms with Crippen LogP contribution < -0.4 is 31.8 Å². The number of benzene rings is 5. The first-order chi connectivity index (χ1) is 16.6. The van der Waals surface area contributed by atoms with Crippen LogP contribution in [0.3, 0.4) is 0 Å². The van der Waals surface area contributed by atoms with Gasteiger partial charge in [-0.2, -0.15) is 0 Å². The highest BCUT2D eigenvalue weighted by atomic mass is 32.4. The smallest absolute Gasteiger partial charge is 0.0379 e. The second-order valence-electron chi connectivity index (χ2n) is 8.08. The van der Waals surface area contributed by atoms with E-state index in [2.05, 4.69) is 146 Å². The van der Waals surface area contributed by atoms with Crippen molar-refractivity contribution in [1.82, 2.24) is 0 Å². The molecule has 0 aliphatic heterocycles. The maximum atomic E-state index is 6.61. The van der Waals surface area contributed by atoms with E-state index in [-0.39, 0.29) is 0 Å². The lowest BCUT2D eigenvalue weighted by atomic mass is 10.3. The SMILES string of the molecule is S=P(c1ccccc1)(c1ccccc1)c1cccc(P(=S)(c2ccccc2)c2ccccc2)c1. The van der Waals surface area contributed by atoms with E-state index in [4.69, 9.17) is 23.6 Å². The summed E-state index contributed by atoms with van der Waals surface area (Å²) in [5.74, 6) is 0. The summed E-state index contributed by atoms with van der Waals surface area (Å²) in [5.41, 5.74) is 0. The molecule has 166 valence electrons. The topological polar surface area (TPSA) is 0 Å². The molecule has 0 aliphatic carbocycles. The first-order valence-corrected chi connectivity index (χ1v) is 16.8. The Kier molecular flexibility index (Phi) is 6.77. The molecule has 4 heteroatoms. The minimum atomic E-state index is -2.25. The van der Waals surface area contributed by atoms with Crippen molar-refractivity contribution in [2.45, 2.75) is 0 Å². The zero-order valence-corrected chi connectivity index (χ0v) is 22.0. The summed E-state index contributed by atoms with van der Waals surface area (Å²) in [6.07, 6.45) is 0. The Morgan fingerprint density at radius 1 is 0.294 bits per heavy atom. The molecule has 0 N–H and O–H groups in total. The van der Waals surface area contributed by atoms with E-state index in [1.807, 2.05) is 0 Å². The Bertz CT molecular complexity index is 1280. The zero-order valence-electron chi connectivity index (χ0n) is 18.6. The van der Waals surface area contributed by atoms with Gasteiger partial charge in [0.25, 0.3) is 0 Å². The highest BCUT2D eigenvalue weighted by Crippen LogP contribution is 2.46. The molecule has 0 bridgehead atoms. The zero-order chi connectivity index (χ0) is 23.4. The average molecular weight is 511 g/mol. The summed E-state index contributed by atoms with van der Waals surface area (Å²) in [6.45, 7) is 0. The molecule has 0 radical (unpaired) electrons. The van der Waals surface area contributed by atoms with E-state index in [9.17, 15) is 0 Å². The fraction of sp³-hybridized carbons (Fsp3) is 0. The van der Waals surface area contributed by atoms with Gasteiger partial charge >= 0.3 is 0 Å². The van der Waals surface area contributed by atoms with Crippen molar-refractivity contribution in [3.05, 3.63) is 146 Å². The van der Waals surface area contributed by atoms with Crippen molar-refractivity contribution in [3.8, 4) is 0 Å². The lowest BCUT2D eigenvalue weighted by Gasteiger charge is -2.28. The fourth-order valence-electron chi connectivity index (χ4n) is 4.33. The largest absolute Gasteiger partial charge is 0.0826 e. The normalized spacial score (nSPS) is 11.8. The van der Waals surface area contributed by atoms with Gasteiger partial charge in [-0.15, -0.1) is 0 Å². The van der Waals surface area contributed by atoms with Crippen LogP contribution >= 0.6 is 12.1 Å². The van der Waals surface area contributed by atoms with E-state index in [0.717, 1.165) is 0 Å². The van der Waals surface area contributed by atoms with Gasteiger partial charge in [0.2, 0.25) is 0 Å². The van der Waals surface area contributed by atoms with Crippen molar-refractivity contribution in [1.29, 1.82) is 0 Å². The molecule has 0 nitrogen and oxygen atoms in total. The van der Waals surface area contributed by atoms with Crippen LogP contribution in [0.25, 0.3) is 0 Å². The quantitative estimate of drug-likeness (QED) is 0.288. The van der Waals surface area contributed by atoms with Crippen LogP contribution in [0.5, 0.6) is 0 Å². The lowest BCUT2D eigenvalue weighted by Crippen LogP contribution is -2.30. The molecule has 0 aromatic heterocycles. The van der Waals surface area contributed by atoms with Crippen molar-refractivity contribution in [2.24, 2.45) is 0 Å². The van der Waals surface area contributed by atoms with Crippen molar-refractivity contribution >= 4 is 67.5 Å². The Hall–Kier alpha value is -2.60. The van der Waals surface area contributed by atoms with Gasteiger partial charge in [0.05, 0.1) is 0 Å². The standard InChI is InChI=1S/C30H24P2S2/c33-31(25-14-5-1-6-15-25,26-16-7-2-8-17-26)29-22-13-23-30(24-29)32(34,27-18-9-3-10-19-27)28-20-11-4-12-21-28/h1-24H. The fourth-order valence-corrected chi connectivity index (χ4v) is 12.0. The highest BCUT2D eigenvalue weighted by molar-refractivity contribution is 8.26. The van der Waals surface area contributed by atoms with Crippen LogP contribution in [-0.4, -0.2) is 0 Å². The molecular weight excluding hydrogens is 486 g/mol. The van der Waals surface area contributed by atoms with Crippen LogP contribution in [0.2, 0.25) is 0 Å². The molecule has 5 rings (SSSR count). The molecule has 5 aromatic rings. The van der Waals surface area contributed by atoms with E-state index in [1.54, 1.807) is 0 Å². The van der Waals surface area contributed by atoms with Crippen molar-refractivity contribution in [3.63, 3.8) is 0 Å². The van der Waals surface area contributed by atoms with E-state index in [1.165, 1.54) is 31.8 Å². The van der Waals surface area contributed by atoms with Gasteiger partial charge in [0.15, 0.2) is 0 Å². The molecule has 0 saturated carbocycles. The predicted octanol–water partition coefficient (Wildman–Crippen LogP) is 5.20. The van der Waals surface area contributed by atoms with E-state index >= 15 is 0 Å². The molecule has 0 aliphatic rings. The molecule has 0 fully saturated rings. The molecule has 0 atom stereocenters. The van der Waals surface area contributed by atoms with Gasteiger partial charge in [0, 0.05) is 12.1 Å². The summed E-state index contributed by atoms with van der Waals surface area (Å²) in [6, 6.07) is 46.6. The van der Waals surface area contributed by atoms with Crippen molar-refractivity contribution < 1.29 is 0 Å². The minimum Gasteiger partial charge on any atom is -0.0826 e. The average Bonchev–Trinajstić information content (AvgIpc) is 2.94. The van der Waals surface area contributed by atoms with Crippen LogP contribution in [0.1, 0.15) is 0 Å². The van der Waals surface area contributed by atoms with Crippen molar-refractivity contribution in [2.75, 3.05) is 0 Å². The molecule has 34 heavy (non-hydrogen) atoms. The van der Waals surface area contributed by atoms with Crippen LogP contribution in [-0.2, 0) is 23.6 Å². The molecule has 0 amide bonds. The minimum absolute atomic E-state index is 1.18. The van der Waals surface area contributed by atoms with Gasteiger partial charge in [-0.05, 0) is 37.9 Å². The van der Waals surface area contributed by atoms with Crippen LogP contribution in [0.4, 0.5) is 0 Å². The summed E-state index contributed by atoms with van der Waals surface area (Å²) in [7, 11) is 0. The van der Waals surface area contributed by atoms with Crippen LogP contribution in [0, 0.1) is 0 Å². The third-order valence-corrected chi connectivity index (χ3v) is 15.9. The lowest BCUT2D eigenvalue weighted by molar-refractivity contribution is 1.74. The molecule has 5 aromatic carbocycles. The van der Waals surface area contributed by atoms with Gasteiger partial charge in [-0.25, -0.2) is 0 Å². The maximum absolute atomic E-state index is 6.61. The van der Waals surface area contributed by atoms with Gasteiger partial charge < -0.3 is 0 Å². The summed E-state index contributed by atoms with van der Waals surface area (Å²) < 4.78 is 0. The number of rotatable bonds is 6. The molecule has 0 saturated heterocycles. The third kappa shape index (κ3) is 4.17. The number of hydrogen-bond acceptors (Lipinski definition) is 2. The predicted molar refractivity (Wildman–Crippen MR) is 159 cm³/mol. The third-order valence-electron chi connectivity index (χ3n) is 6.04. The van der Waals surface area contributed by atoms with E-state index < -0.39 is 12.1 Å². The second kappa shape index (κ2) is 9.95. The van der Waals surface area contributed by atoms with E-state index in [0.29, 0.717) is 0 Å². The molecule has 0 heterocycles. The molecular formula is C30H24P2S2. The maximum Gasteiger partial charge on any atom is 0.0379 e. The Balaban J connectivity index is 1.76. The Morgan fingerprint density at radius 2 is 0.529 bits per heavy atom. The first-order valence-electron chi connectivity index (χ1n) is 11.2. The molecule has 0 unspecified atom stereocenters. The Labute approximate surface area is 212 Å². The summed E-state index contributed by atoms with van der Waals surface area (Å²) in [5, 5.41) is 7.14. The summed E-state index contributed by atoms with van der Waals surface area (Å²) >= 11 is 13.2. The van der Waals surface area contributed by atoms with Gasteiger partial charge in [0.1, 0.15) is 0 Å². The Morgan fingerprint density at radius 3 is 0.794 bits per heavy atom. The second-order valence-corrected chi connectivity index (χ2v) is 16.9. The summed E-state index contributed by atoms with van der Waals surface area (Å²) in [4.78, 5) is 0.